The molecule has 9 nitrogen and oxygen atoms in total. The van der Waals surface area contributed by atoms with Gasteiger partial charge in [0, 0.05) is 31.4 Å². The van der Waals surface area contributed by atoms with Gasteiger partial charge in [-0.25, -0.2) is 14.0 Å². The largest absolute Gasteiger partial charge is 0.326 e. The molecule has 1 saturated carbocycles. The first kappa shape index (κ1) is 20.4. The van der Waals surface area contributed by atoms with E-state index in [0.29, 0.717) is 37.4 Å². The normalized spacial score (nSPS) is 22.9. The van der Waals surface area contributed by atoms with Crippen LogP contribution in [0.2, 0.25) is 0 Å². The SMILES string of the molecule is CC(C)N(C=N)C(=N)c1cccc(N2CCN(C3CC(OS(C)=O)C3)C2=O)n1. The number of amidine groups is 1. The van der Waals surface area contributed by atoms with Gasteiger partial charge in [-0.3, -0.25) is 19.9 Å². The Bertz CT molecular complexity index is 795. The van der Waals surface area contributed by atoms with E-state index in [0.717, 1.165) is 6.34 Å². The predicted octanol–water partition coefficient (Wildman–Crippen LogP) is 1.81. The zero-order valence-corrected chi connectivity index (χ0v) is 17.1. The van der Waals surface area contributed by atoms with E-state index in [1.807, 2.05) is 18.7 Å². The number of nitrogens with zero attached hydrogens (tertiary/aromatic N) is 4. The van der Waals surface area contributed by atoms with E-state index in [-0.39, 0.29) is 30.1 Å². The van der Waals surface area contributed by atoms with Crippen LogP contribution in [-0.4, -0.2) is 74.7 Å². The first-order chi connectivity index (χ1) is 13.3. The molecule has 1 unspecified atom stereocenters. The van der Waals surface area contributed by atoms with Crippen LogP contribution < -0.4 is 4.90 Å². The van der Waals surface area contributed by atoms with Gasteiger partial charge in [0.1, 0.15) is 11.5 Å². The fourth-order valence-corrected chi connectivity index (χ4v) is 4.02. The van der Waals surface area contributed by atoms with Gasteiger partial charge in [-0.15, -0.1) is 0 Å². The fourth-order valence-electron chi connectivity index (χ4n) is 3.48. The minimum absolute atomic E-state index is 0.0365. The molecule has 0 bridgehead atoms. The summed E-state index contributed by atoms with van der Waals surface area (Å²) in [6, 6.07) is 5.20. The van der Waals surface area contributed by atoms with Crippen molar-refractivity contribution in [3.05, 3.63) is 23.9 Å². The minimum atomic E-state index is -1.29. The standard InChI is InChI=1S/C18H26N6O3S/c1-12(2)24(11-19)17(20)15-5-4-6-16(21-15)23-8-7-22(18(23)25)13-9-14(10-13)27-28(3)26/h4-6,11-14,19-20H,7-10H2,1-3H3. The van der Waals surface area contributed by atoms with Gasteiger partial charge < -0.3 is 9.80 Å². The average molecular weight is 407 g/mol. The molecule has 2 heterocycles. The Morgan fingerprint density at radius 1 is 1.39 bits per heavy atom. The summed E-state index contributed by atoms with van der Waals surface area (Å²) in [5, 5.41) is 15.8. The smallest absolute Gasteiger partial charge is 0.319 e. The Labute approximate surface area is 167 Å². The number of aromatic nitrogens is 1. The van der Waals surface area contributed by atoms with Crippen molar-refractivity contribution in [2.24, 2.45) is 0 Å². The van der Waals surface area contributed by atoms with Crippen LogP contribution in [0.5, 0.6) is 0 Å². The van der Waals surface area contributed by atoms with E-state index < -0.39 is 11.1 Å². The molecule has 1 saturated heterocycles. The lowest BCUT2D eigenvalue weighted by Crippen LogP contribution is -2.49. The Morgan fingerprint density at radius 3 is 2.71 bits per heavy atom. The van der Waals surface area contributed by atoms with Crippen molar-refractivity contribution >= 4 is 35.1 Å². The highest BCUT2D eigenvalue weighted by atomic mass is 32.2. The molecule has 1 aromatic rings. The summed E-state index contributed by atoms with van der Waals surface area (Å²) in [6.45, 7) is 4.93. The second-order valence-corrected chi connectivity index (χ2v) is 8.23. The van der Waals surface area contributed by atoms with Gasteiger partial charge in [0.05, 0.1) is 12.4 Å². The van der Waals surface area contributed by atoms with Gasteiger partial charge in [0.15, 0.2) is 16.9 Å². The quantitative estimate of drug-likeness (QED) is 0.529. The molecule has 2 aliphatic rings. The Kier molecular flexibility index (Phi) is 6.09. The molecule has 0 aromatic carbocycles. The molecule has 28 heavy (non-hydrogen) atoms. The molecule has 1 aliphatic heterocycles. The Morgan fingerprint density at radius 2 is 2.11 bits per heavy atom. The van der Waals surface area contributed by atoms with Gasteiger partial charge in [-0.1, -0.05) is 6.07 Å². The lowest BCUT2D eigenvalue weighted by molar-refractivity contribution is 0.0525. The molecule has 2 fully saturated rings. The minimum Gasteiger partial charge on any atom is -0.319 e. The van der Waals surface area contributed by atoms with Gasteiger partial charge >= 0.3 is 6.03 Å². The third-order valence-electron chi connectivity index (χ3n) is 5.03. The number of hydrogen-bond donors (Lipinski definition) is 2. The van der Waals surface area contributed by atoms with Crippen LogP contribution >= 0.6 is 0 Å². The van der Waals surface area contributed by atoms with Crippen LogP contribution in [0, 0.1) is 10.8 Å². The monoisotopic (exact) mass is 406 g/mol. The van der Waals surface area contributed by atoms with E-state index in [1.165, 1.54) is 11.2 Å². The number of anilines is 1. The number of rotatable bonds is 7. The number of amides is 2. The summed E-state index contributed by atoms with van der Waals surface area (Å²) in [7, 11) is 0. The Hall–Kier alpha value is -2.33. The molecule has 2 amide bonds. The van der Waals surface area contributed by atoms with Gasteiger partial charge in [-0.05, 0) is 38.8 Å². The number of carbonyl (C=O) groups is 1. The van der Waals surface area contributed by atoms with Crippen LogP contribution in [0.4, 0.5) is 10.6 Å². The second-order valence-electron chi connectivity index (χ2n) is 7.23. The van der Waals surface area contributed by atoms with E-state index in [9.17, 15) is 9.00 Å². The maximum Gasteiger partial charge on any atom is 0.326 e. The third-order valence-corrected chi connectivity index (χ3v) is 5.57. The molecule has 0 spiro atoms. The zero-order chi connectivity index (χ0) is 20.4. The number of pyridine rings is 1. The topological polar surface area (TPSA) is 114 Å². The summed E-state index contributed by atoms with van der Waals surface area (Å²) in [5.41, 5.74) is 0.420. The molecular formula is C18H26N6O3S. The number of hydrogen-bond acceptors (Lipinski definition) is 6. The molecule has 1 atom stereocenters. The van der Waals surface area contributed by atoms with Crippen molar-refractivity contribution in [1.29, 1.82) is 10.8 Å². The molecule has 3 rings (SSSR count). The van der Waals surface area contributed by atoms with E-state index in [4.69, 9.17) is 15.0 Å². The lowest BCUT2D eigenvalue weighted by Gasteiger charge is -2.39. The van der Waals surface area contributed by atoms with Crippen molar-refractivity contribution in [2.45, 2.75) is 44.9 Å². The van der Waals surface area contributed by atoms with Crippen molar-refractivity contribution in [1.82, 2.24) is 14.8 Å². The van der Waals surface area contributed by atoms with Crippen LogP contribution in [0.25, 0.3) is 0 Å². The highest BCUT2D eigenvalue weighted by Gasteiger charge is 2.42. The maximum absolute atomic E-state index is 12.9. The highest BCUT2D eigenvalue weighted by Crippen LogP contribution is 2.32. The van der Waals surface area contributed by atoms with Crippen molar-refractivity contribution in [3.8, 4) is 0 Å². The summed E-state index contributed by atoms with van der Waals surface area (Å²) in [6.07, 6.45) is 3.95. The summed E-state index contributed by atoms with van der Waals surface area (Å²) in [4.78, 5) is 22.3. The highest BCUT2D eigenvalue weighted by molar-refractivity contribution is 7.79. The zero-order valence-electron chi connectivity index (χ0n) is 16.3. The van der Waals surface area contributed by atoms with Crippen LogP contribution in [-0.2, 0) is 15.3 Å². The molecule has 152 valence electrons. The van der Waals surface area contributed by atoms with Gasteiger partial charge in [0.2, 0.25) is 0 Å². The van der Waals surface area contributed by atoms with Crippen molar-refractivity contribution in [2.75, 3.05) is 24.2 Å². The average Bonchev–Trinajstić information content (AvgIpc) is 2.99. The molecule has 1 aliphatic carbocycles. The first-order valence-electron chi connectivity index (χ1n) is 9.25. The van der Waals surface area contributed by atoms with Crippen LogP contribution in [0.15, 0.2) is 18.2 Å². The lowest BCUT2D eigenvalue weighted by atomic mass is 9.88. The molecule has 0 radical (unpaired) electrons. The fraction of sp³-hybridized carbons (Fsp3) is 0.556. The van der Waals surface area contributed by atoms with E-state index in [2.05, 4.69) is 4.98 Å². The van der Waals surface area contributed by atoms with Crippen molar-refractivity contribution < 1.29 is 13.2 Å². The first-order valence-corrected chi connectivity index (χ1v) is 10.7. The van der Waals surface area contributed by atoms with Crippen LogP contribution in [0.1, 0.15) is 32.4 Å². The van der Waals surface area contributed by atoms with Gasteiger partial charge in [0.25, 0.3) is 0 Å². The molecule has 1 aromatic heterocycles. The van der Waals surface area contributed by atoms with Crippen LogP contribution in [0.3, 0.4) is 0 Å². The summed E-state index contributed by atoms with van der Waals surface area (Å²) < 4.78 is 16.4. The molecular weight excluding hydrogens is 380 g/mol. The van der Waals surface area contributed by atoms with E-state index >= 15 is 0 Å². The number of nitrogens with one attached hydrogen (secondary N) is 2. The predicted molar refractivity (Wildman–Crippen MR) is 108 cm³/mol. The van der Waals surface area contributed by atoms with E-state index in [1.54, 1.807) is 23.1 Å². The summed E-state index contributed by atoms with van der Waals surface area (Å²) in [5.74, 6) is 0.632. The number of urea groups is 1. The third kappa shape index (κ3) is 4.07. The molecule has 10 heteroatoms. The molecule has 2 N–H and O–H groups in total. The van der Waals surface area contributed by atoms with Gasteiger partial charge in [-0.2, -0.15) is 0 Å². The Balaban J connectivity index is 1.68. The van der Waals surface area contributed by atoms with Crippen molar-refractivity contribution in [3.63, 3.8) is 0 Å². The number of carbonyl (C=O) groups excluding carboxylic acids is 1. The maximum atomic E-state index is 12.9. The second kappa shape index (κ2) is 8.36. The summed E-state index contributed by atoms with van der Waals surface area (Å²) >= 11 is -1.29.